The first-order chi connectivity index (χ1) is 17.3. The molecule has 0 saturated carbocycles. The van der Waals surface area contributed by atoms with E-state index in [1.807, 2.05) is 31.1 Å². The molecule has 4 heterocycles. The van der Waals surface area contributed by atoms with Crippen molar-refractivity contribution in [2.75, 3.05) is 50.2 Å². The van der Waals surface area contributed by atoms with Crippen LogP contribution in [0.1, 0.15) is 21.7 Å². The number of nitrogen functional groups attached to an aromatic ring is 1. The highest BCUT2D eigenvalue weighted by atomic mass is 16.5. The lowest BCUT2D eigenvalue weighted by molar-refractivity contribution is -0.119. The van der Waals surface area contributed by atoms with Crippen LogP contribution in [0, 0.1) is 0 Å². The van der Waals surface area contributed by atoms with Gasteiger partial charge in [-0.3, -0.25) is 9.59 Å². The molecule has 0 atom stereocenters. The number of aliphatic imine (C=N–C) groups is 1. The van der Waals surface area contributed by atoms with E-state index in [9.17, 15) is 9.59 Å². The van der Waals surface area contributed by atoms with Crippen LogP contribution in [0.15, 0.2) is 52.7 Å². The lowest BCUT2D eigenvalue weighted by Gasteiger charge is -2.29. The van der Waals surface area contributed by atoms with E-state index in [-0.39, 0.29) is 23.3 Å². The van der Waals surface area contributed by atoms with E-state index >= 15 is 0 Å². The number of likely N-dealkylation sites (N-methyl/N-ethyl adjacent to an activating group) is 1. The molecule has 4 N–H and O–H groups in total. The Morgan fingerprint density at radius 2 is 2.14 bits per heavy atom. The number of benzene rings is 1. The van der Waals surface area contributed by atoms with E-state index in [0.717, 1.165) is 17.7 Å². The lowest BCUT2D eigenvalue weighted by Crippen LogP contribution is -2.41. The minimum Gasteiger partial charge on any atom is -0.495 e. The number of nitrogens with two attached hydrogens (primary N) is 1. The van der Waals surface area contributed by atoms with E-state index in [1.54, 1.807) is 24.3 Å². The van der Waals surface area contributed by atoms with Gasteiger partial charge in [-0.2, -0.15) is 4.99 Å². The molecule has 0 radical (unpaired) electrons. The van der Waals surface area contributed by atoms with Crippen molar-refractivity contribution >= 4 is 46.4 Å². The molecule has 0 fully saturated rings. The molecule has 186 valence electrons. The number of carbonyl (C=O) groups excluding carboxylic acids is 2. The van der Waals surface area contributed by atoms with Gasteiger partial charge in [-0.15, -0.1) is 0 Å². The number of hydrogen-bond acceptors (Lipinski definition) is 8. The molecule has 2 amide bonds. The summed E-state index contributed by atoms with van der Waals surface area (Å²) in [6, 6.07) is 7.03. The number of hydrogen-bond donors (Lipinski definition) is 3. The van der Waals surface area contributed by atoms with Crippen LogP contribution in [0.5, 0.6) is 5.75 Å². The molecule has 0 spiro atoms. The molecule has 11 heteroatoms. The van der Waals surface area contributed by atoms with Crippen molar-refractivity contribution in [1.29, 1.82) is 0 Å². The number of nitrogens with zero attached hydrogens (tertiary/aromatic N) is 4. The van der Waals surface area contributed by atoms with Gasteiger partial charge in [-0.05, 0) is 44.3 Å². The molecule has 2 aliphatic heterocycles. The number of aromatic nitrogens is 1. The van der Waals surface area contributed by atoms with E-state index in [2.05, 4.69) is 21.9 Å². The Labute approximate surface area is 207 Å². The van der Waals surface area contributed by atoms with E-state index in [4.69, 9.17) is 14.9 Å². The smallest absolute Gasteiger partial charge is 0.303 e. The Morgan fingerprint density at radius 1 is 1.33 bits per heavy atom. The van der Waals surface area contributed by atoms with Crippen molar-refractivity contribution in [3.8, 4) is 5.75 Å². The number of guanidine groups is 1. The summed E-state index contributed by atoms with van der Waals surface area (Å²) in [6.45, 7) is 5.00. The van der Waals surface area contributed by atoms with Crippen LogP contribution in [0.25, 0.3) is 5.70 Å². The average Bonchev–Trinajstić information content (AvgIpc) is 3.57. The van der Waals surface area contributed by atoms with Gasteiger partial charge < -0.3 is 35.0 Å². The van der Waals surface area contributed by atoms with Crippen molar-refractivity contribution in [2.24, 2.45) is 4.99 Å². The molecule has 11 nitrogen and oxygen atoms in total. The maximum absolute atomic E-state index is 13.5. The average molecular weight is 490 g/mol. The third kappa shape index (κ3) is 3.89. The van der Waals surface area contributed by atoms with E-state index in [1.165, 1.54) is 17.2 Å². The highest BCUT2D eigenvalue weighted by molar-refractivity contribution is 6.18. The summed E-state index contributed by atoms with van der Waals surface area (Å²) in [6.07, 6.45) is 3.79. The van der Waals surface area contributed by atoms with Gasteiger partial charge in [-0.25, -0.2) is 4.90 Å². The normalized spacial score (nSPS) is 14.6. The van der Waals surface area contributed by atoms with Gasteiger partial charge in [0.1, 0.15) is 11.6 Å². The van der Waals surface area contributed by atoms with Gasteiger partial charge in [0.2, 0.25) is 17.6 Å². The maximum Gasteiger partial charge on any atom is 0.303 e. The summed E-state index contributed by atoms with van der Waals surface area (Å²) in [4.78, 5) is 38.9. The zero-order valence-corrected chi connectivity index (χ0v) is 20.3. The van der Waals surface area contributed by atoms with Crippen LogP contribution in [0.3, 0.4) is 0 Å². The SMILES string of the molecule is C=C1c2cc[nH]c2N=C(Nc2cc3c(cc2OC)CCN3C(=O)CN(C)C)N1C(=O)c1occc1N. The molecule has 36 heavy (non-hydrogen) atoms. The number of aromatic amines is 1. The topological polar surface area (TPSA) is 132 Å². The largest absolute Gasteiger partial charge is 0.495 e. The Hall–Kier alpha value is -4.51. The molecule has 2 aliphatic rings. The number of furan rings is 1. The number of ether oxygens (including phenoxy) is 1. The Bertz CT molecular complexity index is 1400. The number of nitrogens with one attached hydrogen (secondary N) is 2. The first-order valence-electron chi connectivity index (χ1n) is 11.3. The first kappa shape index (κ1) is 23.2. The summed E-state index contributed by atoms with van der Waals surface area (Å²) in [5, 5.41) is 3.22. The number of fused-ring (bicyclic) bond motifs is 2. The van der Waals surface area contributed by atoms with Crippen LogP contribution in [-0.4, -0.2) is 66.9 Å². The van der Waals surface area contributed by atoms with Crippen LogP contribution in [0.4, 0.5) is 22.9 Å². The van der Waals surface area contributed by atoms with Gasteiger partial charge in [0.25, 0.3) is 0 Å². The predicted molar refractivity (Wildman–Crippen MR) is 137 cm³/mol. The summed E-state index contributed by atoms with van der Waals surface area (Å²) < 4.78 is 11.0. The predicted octanol–water partition coefficient (Wildman–Crippen LogP) is 2.88. The second-order valence-corrected chi connectivity index (χ2v) is 8.81. The molecule has 3 aromatic rings. The second kappa shape index (κ2) is 8.93. The number of anilines is 3. The molecule has 0 unspecified atom stereocenters. The van der Waals surface area contributed by atoms with Crippen molar-refractivity contribution in [2.45, 2.75) is 6.42 Å². The number of carbonyl (C=O) groups is 2. The first-order valence-corrected chi connectivity index (χ1v) is 11.3. The fraction of sp³-hybridized carbons (Fsp3) is 0.240. The fourth-order valence-electron chi connectivity index (χ4n) is 4.40. The number of H-pyrrole nitrogens is 1. The maximum atomic E-state index is 13.5. The van der Waals surface area contributed by atoms with Gasteiger partial charge in [0.15, 0.2) is 0 Å². The van der Waals surface area contributed by atoms with E-state index in [0.29, 0.717) is 41.6 Å². The van der Waals surface area contributed by atoms with Crippen LogP contribution in [-0.2, 0) is 11.2 Å². The molecule has 0 aliphatic carbocycles. The monoisotopic (exact) mass is 489 g/mol. The van der Waals surface area contributed by atoms with Gasteiger partial charge in [-0.1, -0.05) is 6.58 Å². The van der Waals surface area contributed by atoms with Crippen molar-refractivity contribution in [3.05, 3.63) is 60.2 Å². The molecule has 2 aromatic heterocycles. The fourth-order valence-corrected chi connectivity index (χ4v) is 4.40. The van der Waals surface area contributed by atoms with Crippen molar-refractivity contribution < 1.29 is 18.7 Å². The van der Waals surface area contributed by atoms with Gasteiger partial charge in [0, 0.05) is 30.1 Å². The quantitative estimate of drug-likeness (QED) is 0.502. The Balaban J connectivity index is 1.55. The van der Waals surface area contributed by atoms with Crippen LogP contribution < -0.4 is 20.7 Å². The third-order valence-electron chi connectivity index (χ3n) is 6.12. The molecule has 1 aromatic carbocycles. The zero-order valence-electron chi connectivity index (χ0n) is 20.3. The summed E-state index contributed by atoms with van der Waals surface area (Å²) in [5.74, 6) is 0.722. The zero-order chi connectivity index (χ0) is 25.6. The molecular formula is C25H27N7O4. The standard InChI is InChI=1S/C25H27N7O4/c1-14-16-5-8-27-23(16)29-25(32(14)24(34)22-17(26)7-10-36-22)28-18-12-19-15(11-20(18)35-4)6-9-31(19)21(33)13-30(2)3/h5,7-8,10-12,27H,1,6,9,13,26H2,2-4H3,(H,28,29). The molecule has 0 bridgehead atoms. The number of methoxy groups -OCH3 is 1. The third-order valence-corrected chi connectivity index (χ3v) is 6.12. The highest BCUT2D eigenvalue weighted by Crippen LogP contribution is 2.39. The van der Waals surface area contributed by atoms with Crippen LogP contribution >= 0.6 is 0 Å². The highest BCUT2D eigenvalue weighted by Gasteiger charge is 2.34. The van der Waals surface area contributed by atoms with Crippen molar-refractivity contribution in [3.63, 3.8) is 0 Å². The lowest BCUT2D eigenvalue weighted by atomic mass is 10.1. The summed E-state index contributed by atoms with van der Waals surface area (Å²) >= 11 is 0. The number of amides is 2. The molecular weight excluding hydrogens is 462 g/mol. The summed E-state index contributed by atoms with van der Waals surface area (Å²) in [7, 11) is 5.28. The minimum atomic E-state index is -0.525. The number of rotatable bonds is 5. The Morgan fingerprint density at radius 3 is 2.83 bits per heavy atom. The van der Waals surface area contributed by atoms with Gasteiger partial charge in [0.05, 0.1) is 37.0 Å². The van der Waals surface area contributed by atoms with Gasteiger partial charge >= 0.3 is 5.91 Å². The Kier molecular flexibility index (Phi) is 5.77. The van der Waals surface area contributed by atoms with Crippen LogP contribution in [0.2, 0.25) is 0 Å². The van der Waals surface area contributed by atoms with E-state index < -0.39 is 5.91 Å². The molecule has 5 rings (SSSR count). The minimum absolute atomic E-state index is 0.000576. The van der Waals surface area contributed by atoms with Crippen molar-refractivity contribution in [1.82, 2.24) is 14.8 Å². The second-order valence-electron chi connectivity index (χ2n) is 8.81. The summed E-state index contributed by atoms with van der Waals surface area (Å²) in [5.41, 5.74) is 9.54. The molecule has 0 saturated heterocycles.